The molecule has 1 fully saturated rings. The highest BCUT2D eigenvalue weighted by atomic mass is 16.2. The van der Waals surface area contributed by atoms with Crippen LogP contribution >= 0.6 is 0 Å². The van der Waals surface area contributed by atoms with Gasteiger partial charge in [0.15, 0.2) is 5.69 Å². The predicted molar refractivity (Wildman–Crippen MR) is 108 cm³/mol. The molecule has 1 aliphatic heterocycles. The van der Waals surface area contributed by atoms with Crippen LogP contribution in [-0.4, -0.2) is 47.3 Å². The summed E-state index contributed by atoms with van der Waals surface area (Å²) in [4.78, 5) is 27.8. The van der Waals surface area contributed by atoms with E-state index in [1.54, 1.807) is 6.07 Å². The van der Waals surface area contributed by atoms with Crippen LogP contribution in [-0.2, 0) is 6.54 Å². The van der Waals surface area contributed by atoms with E-state index >= 15 is 0 Å². The minimum absolute atomic E-state index is 0.0595. The van der Waals surface area contributed by atoms with Crippen LogP contribution in [0.4, 0.5) is 0 Å². The molecule has 0 saturated carbocycles. The van der Waals surface area contributed by atoms with Crippen molar-refractivity contribution < 1.29 is 4.79 Å². The van der Waals surface area contributed by atoms with Crippen molar-refractivity contribution in [3.63, 3.8) is 0 Å². The summed E-state index contributed by atoms with van der Waals surface area (Å²) in [6.45, 7) is 7.13. The second kappa shape index (κ2) is 8.65. The van der Waals surface area contributed by atoms with Crippen LogP contribution in [0.2, 0.25) is 0 Å². The van der Waals surface area contributed by atoms with E-state index in [1.807, 2.05) is 44.0 Å². The smallest absolute Gasteiger partial charge is 0.274 e. The topological polar surface area (TPSA) is 67.2 Å². The SMILES string of the molecule is CNCCC1CCN(C(=O)c2nn(CC(C)C)c(=O)c3ccccc23)CC1. The molecule has 0 spiro atoms. The summed E-state index contributed by atoms with van der Waals surface area (Å²) in [5.74, 6) is 0.888. The van der Waals surface area contributed by atoms with Crippen LogP contribution < -0.4 is 10.9 Å². The number of amides is 1. The first-order valence-electron chi connectivity index (χ1n) is 9.95. The number of hydrogen-bond donors (Lipinski definition) is 1. The fraction of sp³-hybridized carbons (Fsp3) is 0.571. The number of likely N-dealkylation sites (tertiary alicyclic amines) is 1. The maximum Gasteiger partial charge on any atom is 0.274 e. The van der Waals surface area contributed by atoms with Gasteiger partial charge in [0.2, 0.25) is 0 Å². The first-order valence-corrected chi connectivity index (χ1v) is 9.95. The first-order chi connectivity index (χ1) is 13.0. The zero-order valence-corrected chi connectivity index (χ0v) is 16.6. The zero-order valence-electron chi connectivity index (χ0n) is 16.6. The molecule has 3 rings (SSSR count). The Hall–Kier alpha value is -2.21. The van der Waals surface area contributed by atoms with Gasteiger partial charge in [-0.3, -0.25) is 9.59 Å². The molecule has 6 heteroatoms. The monoisotopic (exact) mass is 370 g/mol. The number of fused-ring (bicyclic) bond motifs is 1. The molecule has 146 valence electrons. The third kappa shape index (κ3) is 4.38. The summed E-state index contributed by atoms with van der Waals surface area (Å²) < 4.78 is 1.46. The van der Waals surface area contributed by atoms with E-state index in [0.717, 1.165) is 38.9 Å². The van der Waals surface area contributed by atoms with Gasteiger partial charge >= 0.3 is 0 Å². The van der Waals surface area contributed by atoms with Crippen LogP contribution in [0.25, 0.3) is 10.8 Å². The van der Waals surface area contributed by atoms with Crippen LogP contribution in [0, 0.1) is 11.8 Å². The molecular formula is C21H30N4O2. The number of hydrogen-bond acceptors (Lipinski definition) is 4. The highest BCUT2D eigenvalue weighted by molar-refractivity contribution is 6.04. The molecule has 0 aliphatic carbocycles. The maximum atomic E-state index is 13.2. The fourth-order valence-electron chi connectivity index (χ4n) is 3.79. The second-order valence-corrected chi connectivity index (χ2v) is 7.90. The molecule has 27 heavy (non-hydrogen) atoms. The van der Waals surface area contributed by atoms with Gasteiger partial charge in [0.1, 0.15) is 0 Å². The van der Waals surface area contributed by atoms with Crippen LogP contribution in [0.1, 0.15) is 43.6 Å². The van der Waals surface area contributed by atoms with Gasteiger partial charge in [-0.1, -0.05) is 32.0 Å². The largest absolute Gasteiger partial charge is 0.337 e. The minimum atomic E-state index is -0.123. The van der Waals surface area contributed by atoms with Crippen molar-refractivity contribution in [1.82, 2.24) is 20.0 Å². The van der Waals surface area contributed by atoms with Crippen LogP contribution in [0.3, 0.4) is 0 Å². The Morgan fingerprint density at radius 2 is 1.89 bits per heavy atom. The van der Waals surface area contributed by atoms with Crippen LogP contribution in [0.5, 0.6) is 0 Å². The lowest BCUT2D eigenvalue weighted by atomic mass is 9.93. The molecule has 1 saturated heterocycles. The van der Waals surface area contributed by atoms with Crippen molar-refractivity contribution in [2.75, 3.05) is 26.7 Å². The third-order valence-electron chi connectivity index (χ3n) is 5.31. The van der Waals surface area contributed by atoms with Crippen LogP contribution in [0.15, 0.2) is 29.1 Å². The number of piperidine rings is 1. The average molecular weight is 370 g/mol. The number of nitrogens with zero attached hydrogens (tertiary/aromatic N) is 3. The number of aromatic nitrogens is 2. The Labute approximate surface area is 160 Å². The van der Waals surface area contributed by atoms with Gasteiger partial charge in [-0.05, 0) is 50.8 Å². The first kappa shape index (κ1) is 19.5. The normalized spacial score (nSPS) is 15.6. The number of benzene rings is 1. The minimum Gasteiger partial charge on any atom is -0.337 e. The molecule has 1 aliphatic rings. The lowest BCUT2D eigenvalue weighted by Gasteiger charge is -2.32. The summed E-state index contributed by atoms with van der Waals surface area (Å²) in [6, 6.07) is 7.31. The molecule has 2 aromatic rings. The molecule has 1 amide bonds. The van der Waals surface area contributed by atoms with Gasteiger partial charge in [-0.15, -0.1) is 0 Å². The Morgan fingerprint density at radius 1 is 1.22 bits per heavy atom. The Balaban J connectivity index is 1.88. The van der Waals surface area contributed by atoms with Gasteiger partial charge in [-0.25, -0.2) is 4.68 Å². The zero-order chi connectivity index (χ0) is 19.4. The number of nitrogens with one attached hydrogen (secondary N) is 1. The Morgan fingerprint density at radius 3 is 2.52 bits per heavy atom. The molecule has 0 atom stereocenters. The van der Waals surface area contributed by atoms with E-state index in [0.29, 0.717) is 28.9 Å². The number of carbonyl (C=O) groups is 1. The van der Waals surface area contributed by atoms with Crippen molar-refractivity contribution in [3.8, 4) is 0 Å². The average Bonchev–Trinajstić information content (AvgIpc) is 2.68. The third-order valence-corrected chi connectivity index (χ3v) is 5.31. The molecule has 1 N–H and O–H groups in total. The van der Waals surface area contributed by atoms with Crippen molar-refractivity contribution >= 4 is 16.7 Å². The fourth-order valence-corrected chi connectivity index (χ4v) is 3.79. The summed E-state index contributed by atoms with van der Waals surface area (Å²) in [7, 11) is 1.97. The van der Waals surface area contributed by atoms with E-state index in [9.17, 15) is 9.59 Å². The predicted octanol–water partition coefficient (Wildman–Crippen LogP) is 2.51. The quantitative estimate of drug-likeness (QED) is 0.848. The van der Waals surface area contributed by atoms with Gasteiger partial charge in [0, 0.05) is 25.0 Å². The van der Waals surface area contributed by atoms with Gasteiger partial charge in [0.25, 0.3) is 11.5 Å². The molecule has 0 bridgehead atoms. The van der Waals surface area contributed by atoms with Crippen molar-refractivity contribution in [2.45, 2.75) is 39.7 Å². The summed E-state index contributed by atoms with van der Waals surface area (Å²) in [5, 5.41) is 8.91. The number of carbonyl (C=O) groups excluding carboxylic acids is 1. The van der Waals surface area contributed by atoms with Crippen molar-refractivity contribution in [1.29, 1.82) is 0 Å². The second-order valence-electron chi connectivity index (χ2n) is 7.90. The van der Waals surface area contributed by atoms with Gasteiger partial charge < -0.3 is 10.2 Å². The van der Waals surface area contributed by atoms with E-state index < -0.39 is 0 Å². The highest BCUT2D eigenvalue weighted by Gasteiger charge is 2.26. The molecule has 6 nitrogen and oxygen atoms in total. The molecular weight excluding hydrogens is 340 g/mol. The van der Waals surface area contributed by atoms with E-state index in [4.69, 9.17) is 0 Å². The standard InChI is InChI=1S/C21H30N4O2/c1-15(2)14-25-20(26)18-7-5-4-6-17(18)19(23-25)21(27)24-12-9-16(10-13-24)8-11-22-3/h4-7,15-16,22H,8-14H2,1-3H3. The molecule has 1 aromatic carbocycles. The van der Waals surface area contributed by atoms with E-state index in [2.05, 4.69) is 10.4 Å². The Bertz CT molecular complexity index is 851. The summed E-state index contributed by atoms with van der Waals surface area (Å²) in [5.41, 5.74) is 0.279. The molecule has 2 heterocycles. The number of rotatable bonds is 6. The highest BCUT2D eigenvalue weighted by Crippen LogP contribution is 2.23. The van der Waals surface area contributed by atoms with Gasteiger partial charge in [0.05, 0.1) is 5.39 Å². The van der Waals surface area contributed by atoms with Crippen molar-refractivity contribution in [2.24, 2.45) is 11.8 Å². The molecule has 0 radical (unpaired) electrons. The van der Waals surface area contributed by atoms with Gasteiger partial charge in [-0.2, -0.15) is 5.10 Å². The summed E-state index contributed by atoms with van der Waals surface area (Å²) in [6.07, 6.45) is 3.20. The lowest BCUT2D eigenvalue weighted by Crippen LogP contribution is -2.40. The van der Waals surface area contributed by atoms with Crippen molar-refractivity contribution in [3.05, 3.63) is 40.3 Å². The Kier molecular flexibility index (Phi) is 6.26. The van der Waals surface area contributed by atoms with E-state index in [1.165, 1.54) is 4.68 Å². The molecule has 0 unspecified atom stereocenters. The summed E-state index contributed by atoms with van der Waals surface area (Å²) >= 11 is 0. The maximum absolute atomic E-state index is 13.2. The lowest BCUT2D eigenvalue weighted by molar-refractivity contribution is 0.0680. The van der Waals surface area contributed by atoms with E-state index in [-0.39, 0.29) is 17.4 Å². The molecule has 1 aromatic heterocycles.